The van der Waals surface area contributed by atoms with E-state index in [4.69, 9.17) is 18.9 Å². The highest BCUT2D eigenvalue weighted by Crippen LogP contribution is 2.46. The van der Waals surface area contributed by atoms with E-state index in [2.05, 4.69) is 0 Å². The molecule has 9 heteroatoms. The number of Topliss-reactive ketones (excluding diaryl/α,β-unsaturated/α-hetero) is 1. The monoisotopic (exact) mass is 531 g/mol. The van der Waals surface area contributed by atoms with E-state index in [0.717, 1.165) is 5.56 Å². The Kier molecular flexibility index (Phi) is 6.82. The predicted octanol–water partition coefficient (Wildman–Crippen LogP) is 5.28. The van der Waals surface area contributed by atoms with Gasteiger partial charge in [0.05, 0.1) is 25.3 Å². The van der Waals surface area contributed by atoms with Gasteiger partial charge in [-0.25, -0.2) is 0 Å². The molecular formula is C30H29NO8. The SMILES string of the molecule is CCOc1cc(C2/C(=C(\O)c3ccc(OC)c(C(C)C)c3)C(=O)C(=O)N2c2ccc3c(c2)OCO3)ccc1O. The zero-order valence-corrected chi connectivity index (χ0v) is 22.1. The molecule has 1 amide bonds. The van der Waals surface area contributed by atoms with Crippen LogP contribution in [0.5, 0.6) is 28.7 Å². The van der Waals surface area contributed by atoms with E-state index in [1.165, 1.54) is 11.0 Å². The van der Waals surface area contributed by atoms with Crippen LogP contribution in [0.3, 0.4) is 0 Å². The van der Waals surface area contributed by atoms with Crippen molar-refractivity contribution in [3.63, 3.8) is 0 Å². The van der Waals surface area contributed by atoms with Crippen LogP contribution in [0, 0.1) is 0 Å². The van der Waals surface area contributed by atoms with Crippen LogP contribution in [-0.2, 0) is 9.59 Å². The average Bonchev–Trinajstić information content (AvgIpc) is 3.51. The first-order valence-corrected chi connectivity index (χ1v) is 12.6. The number of carbonyl (C=O) groups is 2. The molecule has 1 saturated heterocycles. The zero-order chi connectivity index (χ0) is 27.8. The molecule has 1 fully saturated rings. The van der Waals surface area contributed by atoms with Gasteiger partial charge < -0.3 is 29.2 Å². The minimum Gasteiger partial charge on any atom is -0.507 e. The molecule has 3 aromatic rings. The average molecular weight is 532 g/mol. The van der Waals surface area contributed by atoms with Gasteiger partial charge in [-0.2, -0.15) is 0 Å². The Balaban J connectivity index is 1.72. The number of phenolic OH excluding ortho intramolecular Hbond substituents is 1. The number of anilines is 1. The van der Waals surface area contributed by atoms with Gasteiger partial charge >= 0.3 is 0 Å². The third-order valence-electron chi connectivity index (χ3n) is 6.80. The number of benzene rings is 3. The highest BCUT2D eigenvalue weighted by atomic mass is 16.7. The van der Waals surface area contributed by atoms with Gasteiger partial charge in [-0.05, 0) is 66.4 Å². The molecule has 0 bridgehead atoms. The number of nitrogens with zero attached hydrogens (tertiary/aromatic N) is 1. The molecule has 2 N–H and O–H groups in total. The fourth-order valence-corrected chi connectivity index (χ4v) is 4.91. The molecule has 0 radical (unpaired) electrons. The fourth-order valence-electron chi connectivity index (χ4n) is 4.91. The molecule has 0 aliphatic carbocycles. The van der Waals surface area contributed by atoms with Gasteiger partial charge in [0.25, 0.3) is 11.7 Å². The Morgan fingerprint density at radius 2 is 1.79 bits per heavy atom. The van der Waals surface area contributed by atoms with Crippen molar-refractivity contribution in [2.45, 2.75) is 32.7 Å². The third kappa shape index (κ3) is 4.50. The summed E-state index contributed by atoms with van der Waals surface area (Å²) in [7, 11) is 1.57. The van der Waals surface area contributed by atoms with E-state index in [0.29, 0.717) is 40.7 Å². The summed E-state index contributed by atoms with van der Waals surface area (Å²) in [5.74, 6) is -0.191. The van der Waals surface area contributed by atoms with Gasteiger partial charge in [0.2, 0.25) is 6.79 Å². The third-order valence-corrected chi connectivity index (χ3v) is 6.80. The molecule has 9 nitrogen and oxygen atoms in total. The number of carbonyl (C=O) groups excluding carboxylic acids is 2. The number of methoxy groups -OCH3 is 1. The Labute approximate surface area is 225 Å². The number of fused-ring (bicyclic) bond motifs is 1. The molecule has 0 spiro atoms. The Hall–Kier alpha value is -4.66. The number of phenols is 1. The summed E-state index contributed by atoms with van der Waals surface area (Å²) in [5.41, 5.74) is 1.97. The number of hydrogen-bond donors (Lipinski definition) is 2. The maximum Gasteiger partial charge on any atom is 0.300 e. The first-order chi connectivity index (χ1) is 18.7. The Morgan fingerprint density at radius 1 is 1.03 bits per heavy atom. The normalized spacial score (nSPS) is 17.7. The zero-order valence-electron chi connectivity index (χ0n) is 22.1. The van der Waals surface area contributed by atoms with Crippen LogP contribution < -0.4 is 23.8 Å². The number of ether oxygens (including phenoxy) is 4. The fraction of sp³-hybridized carbons (Fsp3) is 0.267. The van der Waals surface area contributed by atoms with Gasteiger partial charge in [-0.1, -0.05) is 19.9 Å². The molecule has 202 valence electrons. The molecule has 1 unspecified atom stereocenters. The van der Waals surface area contributed by atoms with Crippen molar-refractivity contribution in [1.29, 1.82) is 0 Å². The quantitative estimate of drug-likeness (QED) is 0.241. The Bertz CT molecular complexity index is 1490. The summed E-state index contributed by atoms with van der Waals surface area (Å²) in [5, 5.41) is 21.9. The first-order valence-electron chi connectivity index (χ1n) is 12.6. The van der Waals surface area contributed by atoms with Crippen molar-refractivity contribution in [3.8, 4) is 28.7 Å². The second-order valence-corrected chi connectivity index (χ2v) is 9.48. The van der Waals surface area contributed by atoms with Gasteiger partial charge in [0.1, 0.15) is 11.5 Å². The maximum absolute atomic E-state index is 13.6. The molecule has 5 rings (SSSR count). The van der Waals surface area contributed by atoms with E-state index in [9.17, 15) is 19.8 Å². The second-order valence-electron chi connectivity index (χ2n) is 9.48. The summed E-state index contributed by atoms with van der Waals surface area (Å²) >= 11 is 0. The molecule has 2 aliphatic rings. The lowest BCUT2D eigenvalue weighted by molar-refractivity contribution is -0.132. The Morgan fingerprint density at radius 3 is 2.51 bits per heavy atom. The molecule has 0 saturated carbocycles. The standard InChI is InChI=1S/C30H29NO8/c1-5-37-24-13-17(6-9-21(24)32)27-26(28(33)18-7-10-22(36-4)20(12-18)16(2)3)29(34)30(35)31(27)19-8-11-23-25(14-19)39-15-38-23/h6-14,16,27,32-33H,5,15H2,1-4H3/b28-26+. The van der Waals surface area contributed by atoms with Crippen LogP contribution in [0.2, 0.25) is 0 Å². The van der Waals surface area contributed by atoms with Crippen molar-refractivity contribution in [2.24, 2.45) is 0 Å². The van der Waals surface area contributed by atoms with Gasteiger partial charge in [0.15, 0.2) is 23.0 Å². The molecule has 2 aliphatic heterocycles. The van der Waals surface area contributed by atoms with Crippen LogP contribution >= 0.6 is 0 Å². The molecule has 3 aromatic carbocycles. The number of rotatable bonds is 7. The lowest BCUT2D eigenvalue weighted by Crippen LogP contribution is -2.29. The lowest BCUT2D eigenvalue weighted by atomic mass is 9.93. The van der Waals surface area contributed by atoms with Crippen LogP contribution in [0.25, 0.3) is 5.76 Å². The topological polar surface area (TPSA) is 115 Å². The highest BCUT2D eigenvalue weighted by Gasteiger charge is 2.47. The van der Waals surface area contributed by atoms with E-state index in [1.54, 1.807) is 62.6 Å². The van der Waals surface area contributed by atoms with Crippen molar-refractivity contribution in [3.05, 3.63) is 76.9 Å². The van der Waals surface area contributed by atoms with Crippen molar-refractivity contribution < 1.29 is 38.7 Å². The molecular weight excluding hydrogens is 502 g/mol. The highest BCUT2D eigenvalue weighted by molar-refractivity contribution is 6.51. The maximum atomic E-state index is 13.6. The van der Waals surface area contributed by atoms with Gasteiger partial charge in [-0.3, -0.25) is 14.5 Å². The number of hydrogen-bond acceptors (Lipinski definition) is 8. The smallest absolute Gasteiger partial charge is 0.300 e. The first kappa shape index (κ1) is 26.0. The van der Waals surface area contributed by atoms with Gasteiger partial charge in [0, 0.05) is 17.3 Å². The number of amides is 1. The summed E-state index contributed by atoms with van der Waals surface area (Å²) in [4.78, 5) is 28.4. The summed E-state index contributed by atoms with van der Waals surface area (Å²) < 4.78 is 21.9. The molecule has 1 atom stereocenters. The number of aliphatic hydroxyl groups is 1. The molecule has 0 aromatic heterocycles. The summed E-state index contributed by atoms with van der Waals surface area (Å²) in [6.45, 7) is 6.11. The minimum absolute atomic E-state index is 0.0480. The number of aromatic hydroxyl groups is 1. The number of aliphatic hydroxyl groups excluding tert-OH is 1. The minimum atomic E-state index is -1.02. The van der Waals surface area contributed by atoms with Crippen molar-refractivity contribution >= 4 is 23.1 Å². The summed E-state index contributed by atoms with van der Waals surface area (Å²) in [6.07, 6.45) is 0. The van der Waals surface area contributed by atoms with Crippen molar-refractivity contribution in [2.75, 3.05) is 25.4 Å². The van der Waals surface area contributed by atoms with Crippen LogP contribution in [0.4, 0.5) is 5.69 Å². The van der Waals surface area contributed by atoms with Crippen LogP contribution in [-0.4, -0.2) is 42.4 Å². The molecule has 39 heavy (non-hydrogen) atoms. The lowest BCUT2D eigenvalue weighted by Gasteiger charge is -2.26. The predicted molar refractivity (Wildman–Crippen MR) is 144 cm³/mol. The van der Waals surface area contributed by atoms with Crippen LogP contribution in [0.15, 0.2) is 60.2 Å². The van der Waals surface area contributed by atoms with Gasteiger partial charge in [-0.15, -0.1) is 0 Å². The number of ketones is 1. The second kappa shape index (κ2) is 10.2. The van der Waals surface area contributed by atoms with E-state index < -0.39 is 17.7 Å². The van der Waals surface area contributed by atoms with E-state index in [1.807, 2.05) is 13.8 Å². The van der Waals surface area contributed by atoms with E-state index in [-0.39, 0.29) is 35.5 Å². The summed E-state index contributed by atoms with van der Waals surface area (Å²) in [6, 6.07) is 13.6. The van der Waals surface area contributed by atoms with Crippen LogP contribution in [0.1, 0.15) is 49.4 Å². The van der Waals surface area contributed by atoms with E-state index >= 15 is 0 Å². The molecule has 2 heterocycles. The largest absolute Gasteiger partial charge is 0.507 e. The van der Waals surface area contributed by atoms with Crippen molar-refractivity contribution in [1.82, 2.24) is 0 Å².